The van der Waals surface area contributed by atoms with Crippen LogP contribution in [0.25, 0.3) is 0 Å². The van der Waals surface area contributed by atoms with E-state index in [-0.39, 0.29) is 23.5 Å². The fraction of sp³-hybridized carbons (Fsp3) is 0.154. The van der Waals surface area contributed by atoms with E-state index >= 15 is 0 Å². The molecule has 0 spiro atoms. The van der Waals surface area contributed by atoms with Gasteiger partial charge in [0.1, 0.15) is 0 Å². The first-order valence-corrected chi connectivity index (χ1v) is 7.82. The molecule has 0 saturated heterocycles. The molecule has 0 atom stereocenters. The molecule has 5 nitrogen and oxygen atoms in total. The third-order valence-electron chi connectivity index (χ3n) is 2.47. The molecule has 1 aromatic carbocycles. The van der Waals surface area contributed by atoms with Gasteiger partial charge in [0.05, 0.1) is 10.5 Å². The van der Waals surface area contributed by atoms with Crippen molar-refractivity contribution < 1.29 is 18.3 Å². The maximum atomic E-state index is 12.4. The van der Waals surface area contributed by atoms with Gasteiger partial charge in [0.2, 0.25) is 10.0 Å². The fourth-order valence-electron chi connectivity index (χ4n) is 1.54. The third kappa shape index (κ3) is 3.56. The van der Waals surface area contributed by atoms with Crippen LogP contribution < -0.4 is 0 Å². The van der Waals surface area contributed by atoms with Crippen LogP contribution in [0.15, 0.2) is 52.9 Å². The highest BCUT2D eigenvalue weighted by atomic mass is 79.9. The molecule has 0 bridgehead atoms. The molecule has 0 amide bonds. The molecule has 1 N–H and O–H groups in total. The number of carbonyl (C=O) groups is 1. The molecule has 0 aliphatic rings. The summed E-state index contributed by atoms with van der Waals surface area (Å²) in [7, 11) is -3.79. The van der Waals surface area contributed by atoms with Crippen LogP contribution in [0.3, 0.4) is 0 Å². The molecule has 0 aliphatic heterocycles. The van der Waals surface area contributed by atoms with Gasteiger partial charge in [0, 0.05) is 17.6 Å². The van der Waals surface area contributed by atoms with Gasteiger partial charge in [0.15, 0.2) is 0 Å². The van der Waals surface area contributed by atoms with Gasteiger partial charge in [0.25, 0.3) is 0 Å². The molecule has 7 heteroatoms. The number of nitrogens with zero attached hydrogens (tertiary/aromatic N) is 1. The van der Waals surface area contributed by atoms with E-state index in [1.807, 2.05) is 0 Å². The molecule has 0 unspecified atom stereocenters. The molecule has 1 aromatic rings. The van der Waals surface area contributed by atoms with Crippen molar-refractivity contribution in [2.24, 2.45) is 0 Å². The van der Waals surface area contributed by atoms with Crippen LogP contribution in [0.4, 0.5) is 0 Å². The van der Waals surface area contributed by atoms with Crippen LogP contribution >= 0.6 is 15.9 Å². The minimum atomic E-state index is -3.79. The highest BCUT2D eigenvalue weighted by Crippen LogP contribution is 2.23. The molecular formula is C13H14BrNO4S. The van der Waals surface area contributed by atoms with Gasteiger partial charge in [-0.25, -0.2) is 13.2 Å². The van der Waals surface area contributed by atoms with Crippen molar-refractivity contribution in [1.82, 2.24) is 4.31 Å². The lowest BCUT2D eigenvalue weighted by Crippen LogP contribution is -2.31. The average molecular weight is 360 g/mol. The van der Waals surface area contributed by atoms with Crippen molar-refractivity contribution in [2.75, 3.05) is 13.1 Å². The Labute approximate surface area is 126 Å². The van der Waals surface area contributed by atoms with Gasteiger partial charge < -0.3 is 5.11 Å². The second-order valence-electron chi connectivity index (χ2n) is 3.85. The van der Waals surface area contributed by atoms with E-state index < -0.39 is 16.0 Å². The second-order valence-corrected chi connectivity index (χ2v) is 6.64. The van der Waals surface area contributed by atoms with Crippen LogP contribution in [-0.2, 0) is 10.0 Å². The zero-order valence-electron chi connectivity index (χ0n) is 10.6. The first-order chi connectivity index (χ1) is 9.34. The second kappa shape index (κ2) is 6.83. The highest BCUT2D eigenvalue weighted by molar-refractivity contribution is 9.10. The summed E-state index contributed by atoms with van der Waals surface area (Å²) in [4.78, 5) is 11.0. The lowest BCUT2D eigenvalue weighted by atomic mass is 10.2. The monoisotopic (exact) mass is 359 g/mol. The number of benzene rings is 1. The SMILES string of the molecule is C=CCN(CC=C)S(=O)(=O)c1ccc(Br)c(C(=O)O)c1. The van der Waals surface area contributed by atoms with Crippen LogP contribution in [0.2, 0.25) is 0 Å². The van der Waals surface area contributed by atoms with Gasteiger partial charge >= 0.3 is 5.97 Å². The highest BCUT2D eigenvalue weighted by Gasteiger charge is 2.24. The number of carboxylic acids is 1. The Bertz CT molecular complexity index is 630. The topological polar surface area (TPSA) is 74.7 Å². The van der Waals surface area contributed by atoms with Crippen molar-refractivity contribution in [3.63, 3.8) is 0 Å². The Balaban J connectivity index is 3.33. The van der Waals surface area contributed by atoms with Crippen molar-refractivity contribution in [3.05, 3.63) is 53.5 Å². The van der Waals surface area contributed by atoms with Crippen molar-refractivity contribution >= 4 is 31.9 Å². The Kier molecular flexibility index (Phi) is 5.67. The maximum absolute atomic E-state index is 12.4. The summed E-state index contributed by atoms with van der Waals surface area (Å²) in [6.45, 7) is 7.25. The Hall–Kier alpha value is -1.44. The predicted molar refractivity (Wildman–Crippen MR) is 80.3 cm³/mol. The average Bonchev–Trinajstić information content (AvgIpc) is 2.38. The van der Waals surface area contributed by atoms with E-state index in [1.54, 1.807) is 0 Å². The van der Waals surface area contributed by atoms with Crippen LogP contribution in [-0.4, -0.2) is 36.9 Å². The van der Waals surface area contributed by atoms with E-state index in [9.17, 15) is 13.2 Å². The number of carboxylic acid groups (broad SMARTS) is 1. The minimum Gasteiger partial charge on any atom is -0.478 e. The summed E-state index contributed by atoms with van der Waals surface area (Å²) in [6.07, 6.45) is 2.91. The van der Waals surface area contributed by atoms with Gasteiger partial charge in [-0.05, 0) is 34.1 Å². The summed E-state index contributed by atoms with van der Waals surface area (Å²) in [5.74, 6) is -1.20. The molecule has 0 aliphatic carbocycles. The molecule has 108 valence electrons. The molecule has 0 heterocycles. The standard InChI is InChI=1S/C13H14BrNO4S/c1-3-7-15(8-4-2)20(18,19)10-5-6-12(14)11(9-10)13(16)17/h3-6,9H,1-2,7-8H2,(H,16,17). The van der Waals surface area contributed by atoms with E-state index in [0.29, 0.717) is 4.47 Å². The lowest BCUT2D eigenvalue weighted by Gasteiger charge is -2.19. The largest absolute Gasteiger partial charge is 0.478 e. The van der Waals surface area contributed by atoms with Crippen LogP contribution in [0.5, 0.6) is 0 Å². The number of halogens is 1. The van der Waals surface area contributed by atoms with Crippen LogP contribution in [0, 0.1) is 0 Å². The van der Waals surface area contributed by atoms with E-state index in [1.165, 1.54) is 24.3 Å². The van der Waals surface area contributed by atoms with Gasteiger partial charge in [-0.15, -0.1) is 13.2 Å². The van der Waals surface area contributed by atoms with Crippen molar-refractivity contribution in [2.45, 2.75) is 4.90 Å². The normalized spacial score (nSPS) is 11.3. The maximum Gasteiger partial charge on any atom is 0.336 e. The van der Waals surface area contributed by atoms with Gasteiger partial charge in [-0.2, -0.15) is 4.31 Å². The van der Waals surface area contributed by atoms with E-state index in [2.05, 4.69) is 29.1 Å². The number of hydrogen-bond donors (Lipinski definition) is 1. The minimum absolute atomic E-state index is 0.0817. The zero-order chi connectivity index (χ0) is 15.3. The Morgan fingerprint density at radius 1 is 1.30 bits per heavy atom. The Morgan fingerprint density at radius 3 is 2.30 bits per heavy atom. The summed E-state index contributed by atoms with van der Waals surface area (Å²) < 4.78 is 26.3. The lowest BCUT2D eigenvalue weighted by molar-refractivity contribution is 0.0695. The smallest absolute Gasteiger partial charge is 0.336 e. The molecule has 0 fully saturated rings. The molecule has 0 aromatic heterocycles. The molecule has 1 rings (SSSR count). The molecule has 20 heavy (non-hydrogen) atoms. The van der Waals surface area contributed by atoms with Gasteiger partial charge in [-0.1, -0.05) is 12.2 Å². The summed E-state index contributed by atoms with van der Waals surface area (Å²) in [5, 5.41) is 9.03. The first-order valence-electron chi connectivity index (χ1n) is 5.59. The Morgan fingerprint density at radius 2 is 1.85 bits per heavy atom. The van der Waals surface area contributed by atoms with E-state index in [0.717, 1.165) is 10.4 Å². The number of hydrogen-bond acceptors (Lipinski definition) is 3. The number of aromatic carboxylic acids is 1. The number of rotatable bonds is 7. The summed E-state index contributed by atoms with van der Waals surface area (Å²) in [6, 6.07) is 3.88. The van der Waals surface area contributed by atoms with Gasteiger partial charge in [-0.3, -0.25) is 0 Å². The summed E-state index contributed by atoms with van der Waals surface area (Å²) in [5.41, 5.74) is -0.108. The number of sulfonamides is 1. The zero-order valence-corrected chi connectivity index (χ0v) is 13.0. The molecule has 0 saturated carbocycles. The van der Waals surface area contributed by atoms with Crippen molar-refractivity contribution in [1.29, 1.82) is 0 Å². The quantitative estimate of drug-likeness (QED) is 0.759. The predicted octanol–water partition coefficient (Wildman–Crippen LogP) is 2.51. The van der Waals surface area contributed by atoms with E-state index in [4.69, 9.17) is 5.11 Å². The molecule has 0 radical (unpaired) electrons. The van der Waals surface area contributed by atoms with Crippen molar-refractivity contribution in [3.8, 4) is 0 Å². The summed E-state index contributed by atoms with van der Waals surface area (Å²) >= 11 is 3.07. The van der Waals surface area contributed by atoms with Crippen LogP contribution in [0.1, 0.15) is 10.4 Å². The molecular weight excluding hydrogens is 346 g/mol. The fourth-order valence-corrected chi connectivity index (χ4v) is 3.36. The third-order valence-corrected chi connectivity index (χ3v) is 4.99. The first kappa shape index (κ1) is 16.6.